The molecule has 3 rings (SSSR count). The van der Waals surface area contributed by atoms with Crippen molar-refractivity contribution in [3.05, 3.63) is 17.7 Å². The van der Waals surface area contributed by atoms with Gasteiger partial charge in [-0.25, -0.2) is 0 Å². The lowest BCUT2D eigenvalue weighted by Gasteiger charge is -2.36. The topological polar surface area (TPSA) is 61.8 Å². The minimum absolute atomic E-state index is 0. The molecule has 0 saturated carbocycles. The molecule has 0 aromatic heterocycles. The smallest absolute Gasteiger partial charge is 0.203 e. The average Bonchev–Trinajstić information content (AvgIpc) is 3.29. The van der Waals surface area contributed by atoms with E-state index >= 15 is 0 Å². The zero-order valence-corrected chi connectivity index (χ0v) is 23.3. The van der Waals surface area contributed by atoms with E-state index in [1.165, 1.54) is 19.5 Å². The molecular formula is C24H42IN5O3. The predicted octanol–water partition coefficient (Wildman–Crippen LogP) is 2.76. The van der Waals surface area contributed by atoms with Crippen LogP contribution in [0.1, 0.15) is 25.8 Å². The number of benzene rings is 1. The molecule has 0 radical (unpaired) electrons. The van der Waals surface area contributed by atoms with E-state index in [0.717, 1.165) is 63.9 Å². The molecule has 1 unspecified atom stereocenters. The fraction of sp³-hybridized carbons (Fsp3) is 0.708. The van der Waals surface area contributed by atoms with Crippen LogP contribution < -0.4 is 19.5 Å². The van der Waals surface area contributed by atoms with Crippen molar-refractivity contribution in [3.8, 4) is 17.2 Å². The molecule has 0 spiro atoms. The van der Waals surface area contributed by atoms with Crippen molar-refractivity contribution in [1.82, 2.24) is 20.0 Å². The maximum absolute atomic E-state index is 5.51. The van der Waals surface area contributed by atoms with Crippen LogP contribution in [0.2, 0.25) is 0 Å². The van der Waals surface area contributed by atoms with Gasteiger partial charge in [-0.2, -0.15) is 0 Å². The van der Waals surface area contributed by atoms with Crippen LogP contribution in [-0.2, 0) is 6.54 Å². The quantitative estimate of drug-likeness (QED) is 0.276. The lowest BCUT2D eigenvalue weighted by Crippen LogP contribution is -2.52. The van der Waals surface area contributed by atoms with Gasteiger partial charge in [0, 0.05) is 52.4 Å². The van der Waals surface area contributed by atoms with Gasteiger partial charge in [-0.05, 0) is 50.0 Å². The average molecular weight is 576 g/mol. The zero-order valence-electron chi connectivity index (χ0n) is 20.9. The summed E-state index contributed by atoms with van der Waals surface area (Å²) in [6, 6.07) is 4.08. The van der Waals surface area contributed by atoms with Gasteiger partial charge in [0.1, 0.15) is 0 Å². The summed E-state index contributed by atoms with van der Waals surface area (Å²) in [7, 11) is 4.95. The SMILES string of the molecule is CCNC(=NCC1CCN(CC)C1)N1CCN(Cc2cc(OC)c(OC)c(OC)c2)CC1.I. The van der Waals surface area contributed by atoms with E-state index in [2.05, 4.69) is 33.9 Å². The predicted molar refractivity (Wildman–Crippen MR) is 145 cm³/mol. The molecule has 2 aliphatic rings. The van der Waals surface area contributed by atoms with E-state index in [1.54, 1.807) is 21.3 Å². The monoisotopic (exact) mass is 575 g/mol. The number of piperazine rings is 1. The van der Waals surface area contributed by atoms with Crippen LogP contribution in [0.4, 0.5) is 0 Å². The van der Waals surface area contributed by atoms with Gasteiger partial charge < -0.3 is 29.3 Å². The molecule has 2 fully saturated rings. The highest BCUT2D eigenvalue weighted by atomic mass is 127. The Morgan fingerprint density at radius 3 is 2.15 bits per heavy atom. The number of nitrogens with zero attached hydrogens (tertiary/aromatic N) is 4. The van der Waals surface area contributed by atoms with Crippen LogP contribution in [0.5, 0.6) is 17.2 Å². The van der Waals surface area contributed by atoms with E-state index in [0.29, 0.717) is 23.2 Å². The highest BCUT2D eigenvalue weighted by molar-refractivity contribution is 14.0. The molecule has 0 amide bonds. The van der Waals surface area contributed by atoms with Crippen LogP contribution in [0, 0.1) is 5.92 Å². The second-order valence-corrected chi connectivity index (χ2v) is 8.54. The Hall–Kier alpha value is -1.46. The van der Waals surface area contributed by atoms with Gasteiger partial charge in [0.15, 0.2) is 17.5 Å². The second-order valence-electron chi connectivity index (χ2n) is 8.54. The molecule has 8 nitrogen and oxygen atoms in total. The minimum Gasteiger partial charge on any atom is -0.493 e. The number of hydrogen-bond donors (Lipinski definition) is 1. The molecule has 9 heteroatoms. The molecule has 1 N–H and O–H groups in total. The van der Waals surface area contributed by atoms with Crippen LogP contribution in [-0.4, -0.2) is 101 Å². The number of aliphatic imine (C=N–C) groups is 1. The summed E-state index contributed by atoms with van der Waals surface area (Å²) in [6.07, 6.45) is 1.26. The van der Waals surface area contributed by atoms with Crippen molar-refractivity contribution in [3.63, 3.8) is 0 Å². The number of likely N-dealkylation sites (tertiary alicyclic amines) is 1. The van der Waals surface area contributed by atoms with Gasteiger partial charge in [-0.3, -0.25) is 9.89 Å². The lowest BCUT2D eigenvalue weighted by molar-refractivity contribution is 0.172. The maximum atomic E-state index is 5.51. The van der Waals surface area contributed by atoms with Crippen molar-refractivity contribution in [2.24, 2.45) is 10.9 Å². The van der Waals surface area contributed by atoms with E-state index in [-0.39, 0.29) is 24.0 Å². The molecule has 2 heterocycles. The third-order valence-corrected chi connectivity index (χ3v) is 6.45. The van der Waals surface area contributed by atoms with Crippen molar-refractivity contribution in [2.45, 2.75) is 26.8 Å². The summed E-state index contributed by atoms with van der Waals surface area (Å²) in [4.78, 5) is 12.4. The number of rotatable bonds is 9. The molecule has 1 atom stereocenters. The Balaban J connectivity index is 0.00000385. The summed E-state index contributed by atoms with van der Waals surface area (Å²) in [5, 5.41) is 3.51. The molecular weight excluding hydrogens is 533 g/mol. The van der Waals surface area contributed by atoms with Crippen molar-refractivity contribution in [2.75, 3.05) is 80.2 Å². The van der Waals surface area contributed by atoms with Gasteiger partial charge in [-0.1, -0.05) is 6.92 Å². The van der Waals surface area contributed by atoms with E-state index in [1.807, 2.05) is 12.1 Å². The third-order valence-electron chi connectivity index (χ3n) is 6.45. The van der Waals surface area contributed by atoms with Gasteiger partial charge in [0.2, 0.25) is 5.75 Å². The van der Waals surface area contributed by atoms with Gasteiger partial charge in [-0.15, -0.1) is 24.0 Å². The van der Waals surface area contributed by atoms with Gasteiger partial charge in [0.05, 0.1) is 21.3 Å². The largest absolute Gasteiger partial charge is 0.493 e. The number of methoxy groups -OCH3 is 3. The lowest BCUT2D eigenvalue weighted by atomic mass is 10.1. The molecule has 0 aliphatic carbocycles. The first kappa shape index (κ1) is 27.8. The van der Waals surface area contributed by atoms with Crippen LogP contribution in [0.15, 0.2) is 17.1 Å². The van der Waals surface area contributed by atoms with E-state index in [4.69, 9.17) is 19.2 Å². The molecule has 1 aromatic carbocycles. The Labute approximate surface area is 216 Å². The summed E-state index contributed by atoms with van der Waals surface area (Å²) in [5.41, 5.74) is 1.16. The standard InChI is InChI=1S/C24H41N5O3.HI/c1-6-25-24(26-16-19-8-9-27(7-2)17-19)29-12-10-28(11-13-29)18-20-14-21(30-3)23(32-5)22(15-20)31-4;/h14-15,19H,6-13,16-18H2,1-5H3,(H,25,26);1H. The van der Waals surface area contributed by atoms with Crippen LogP contribution in [0.3, 0.4) is 0 Å². The van der Waals surface area contributed by atoms with Gasteiger partial charge in [0.25, 0.3) is 0 Å². The summed E-state index contributed by atoms with van der Waals surface area (Å²) < 4.78 is 16.5. The Morgan fingerprint density at radius 2 is 1.64 bits per heavy atom. The van der Waals surface area contributed by atoms with E-state index < -0.39 is 0 Å². The maximum Gasteiger partial charge on any atom is 0.203 e. The normalized spacial score (nSPS) is 19.8. The summed E-state index contributed by atoms with van der Waals surface area (Å²) in [5.74, 6) is 3.80. The van der Waals surface area contributed by atoms with E-state index in [9.17, 15) is 0 Å². The number of guanidine groups is 1. The first-order chi connectivity index (χ1) is 15.6. The van der Waals surface area contributed by atoms with Crippen LogP contribution in [0.25, 0.3) is 0 Å². The molecule has 0 bridgehead atoms. The fourth-order valence-electron chi connectivity index (χ4n) is 4.59. The van der Waals surface area contributed by atoms with Gasteiger partial charge >= 0.3 is 0 Å². The minimum atomic E-state index is 0. The third kappa shape index (κ3) is 7.51. The highest BCUT2D eigenvalue weighted by Crippen LogP contribution is 2.38. The summed E-state index contributed by atoms with van der Waals surface area (Å²) in [6.45, 7) is 14.5. The summed E-state index contributed by atoms with van der Waals surface area (Å²) >= 11 is 0. The first-order valence-electron chi connectivity index (χ1n) is 11.9. The molecule has 2 saturated heterocycles. The number of halogens is 1. The Kier molecular flexibility index (Phi) is 11.8. The van der Waals surface area contributed by atoms with Crippen LogP contribution >= 0.6 is 24.0 Å². The number of hydrogen-bond acceptors (Lipinski definition) is 6. The van der Waals surface area contributed by atoms with Crippen molar-refractivity contribution < 1.29 is 14.2 Å². The highest BCUT2D eigenvalue weighted by Gasteiger charge is 2.23. The number of nitrogens with one attached hydrogen (secondary N) is 1. The van der Waals surface area contributed by atoms with Crippen molar-refractivity contribution >= 4 is 29.9 Å². The Morgan fingerprint density at radius 1 is 0.970 bits per heavy atom. The molecule has 33 heavy (non-hydrogen) atoms. The molecule has 2 aliphatic heterocycles. The second kappa shape index (κ2) is 14.1. The van der Waals surface area contributed by atoms with Crippen molar-refractivity contribution in [1.29, 1.82) is 0 Å². The fourth-order valence-corrected chi connectivity index (χ4v) is 4.59. The Bertz CT molecular complexity index is 731. The first-order valence-corrected chi connectivity index (χ1v) is 11.9. The zero-order chi connectivity index (χ0) is 22.9. The molecule has 188 valence electrons. The molecule has 1 aromatic rings. The number of ether oxygens (including phenoxy) is 3.